The van der Waals surface area contributed by atoms with E-state index < -0.39 is 0 Å². The topological polar surface area (TPSA) is 0 Å². The first-order valence-electron chi connectivity index (χ1n) is 4.31. The molecule has 0 bridgehead atoms. The van der Waals surface area contributed by atoms with Crippen molar-refractivity contribution >= 4 is 50.5 Å². The Labute approximate surface area is 111 Å². The zero-order valence-electron chi connectivity index (χ0n) is 7.58. The molecular weight excluding hydrogens is 315 g/mol. The minimum absolute atomic E-state index is 0.115. The fourth-order valence-corrected chi connectivity index (χ4v) is 2.94. The second-order valence-corrected chi connectivity index (χ2v) is 6.15. The Hall–Kier alpha value is -0.0200. The third-order valence-corrected chi connectivity index (χ3v) is 4.45. The molecule has 0 radical (unpaired) electrons. The molecule has 0 saturated heterocycles. The molecule has 2 rings (SSSR count). The molecule has 0 nitrogen and oxygen atoms in total. The van der Waals surface area contributed by atoms with Crippen LogP contribution in [0.3, 0.4) is 0 Å². The highest BCUT2D eigenvalue weighted by molar-refractivity contribution is 9.10. The molecule has 1 atom stereocenters. The van der Waals surface area contributed by atoms with Crippen LogP contribution in [0.25, 0.3) is 0 Å². The number of benzene rings is 1. The molecule has 0 spiro atoms. The maximum atomic E-state index is 6.33. The third kappa shape index (κ3) is 2.76. The van der Waals surface area contributed by atoms with E-state index in [1.165, 1.54) is 11.3 Å². The SMILES string of the molecule is Clc1ccc(C(Cl)c2ccc(Br)cc2)s1. The van der Waals surface area contributed by atoms with Crippen LogP contribution in [0.5, 0.6) is 0 Å². The van der Waals surface area contributed by atoms with Crippen LogP contribution < -0.4 is 0 Å². The van der Waals surface area contributed by atoms with Crippen LogP contribution in [0.4, 0.5) is 0 Å². The average molecular weight is 322 g/mol. The van der Waals surface area contributed by atoms with Gasteiger partial charge in [0.1, 0.15) is 0 Å². The zero-order chi connectivity index (χ0) is 10.8. The van der Waals surface area contributed by atoms with E-state index >= 15 is 0 Å². The van der Waals surface area contributed by atoms with Gasteiger partial charge in [-0.15, -0.1) is 22.9 Å². The predicted octanol–water partition coefficient (Wildman–Crippen LogP) is 5.49. The second-order valence-electron chi connectivity index (χ2n) is 3.06. The minimum atomic E-state index is -0.115. The van der Waals surface area contributed by atoms with Crippen LogP contribution in [0.2, 0.25) is 4.34 Å². The first kappa shape index (κ1) is 11.5. The van der Waals surface area contributed by atoms with Gasteiger partial charge in [-0.1, -0.05) is 39.7 Å². The summed E-state index contributed by atoms with van der Waals surface area (Å²) in [6.07, 6.45) is 0. The first-order valence-corrected chi connectivity index (χ1v) is 6.74. The Kier molecular flexibility index (Phi) is 3.73. The number of thiophene rings is 1. The van der Waals surface area contributed by atoms with Crippen molar-refractivity contribution in [2.75, 3.05) is 0 Å². The molecule has 1 unspecified atom stereocenters. The second kappa shape index (κ2) is 4.88. The normalized spacial score (nSPS) is 12.7. The average Bonchev–Trinajstić information content (AvgIpc) is 2.65. The van der Waals surface area contributed by atoms with Crippen molar-refractivity contribution in [1.82, 2.24) is 0 Å². The summed E-state index contributed by atoms with van der Waals surface area (Å²) in [5.41, 5.74) is 1.08. The molecule has 0 amide bonds. The molecule has 78 valence electrons. The zero-order valence-corrected chi connectivity index (χ0v) is 11.5. The number of hydrogen-bond acceptors (Lipinski definition) is 1. The maximum absolute atomic E-state index is 6.33. The summed E-state index contributed by atoms with van der Waals surface area (Å²) in [5, 5.41) is -0.115. The molecule has 0 aliphatic carbocycles. The van der Waals surface area contributed by atoms with Gasteiger partial charge in [-0.05, 0) is 29.8 Å². The van der Waals surface area contributed by atoms with Crippen molar-refractivity contribution in [2.45, 2.75) is 5.38 Å². The Morgan fingerprint density at radius 2 is 1.73 bits per heavy atom. The Bertz CT molecular complexity index is 450. The van der Waals surface area contributed by atoms with Crippen LogP contribution in [-0.2, 0) is 0 Å². The van der Waals surface area contributed by atoms with Crippen molar-refractivity contribution in [3.05, 3.63) is 55.6 Å². The fourth-order valence-electron chi connectivity index (χ4n) is 1.26. The largest absolute Gasteiger partial charge is 0.127 e. The molecule has 1 heterocycles. The monoisotopic (exact) mass is 320 g/mol. The highest BCUT2D eigenvalue weighted by Gasteiger charge is 2.12. The van der Waals surface area contributed by atoms with E-state index in [1.807, 2.05) is 36.4 Å². The van der Waals surface area contributed by atoms with Gasteiger partial charge in [0.2, 0.25) is 0 Å². The van der Waals surface area contributed by atoms with E-state index in [0.717, 1.165) is 19.2 Å². The molecule has 1 aromatic carbocycles. The molecule has 2 aromatic rings. The smallest absolute Gasteiger partial charge is 0.0931 e. The minimum Gasteiger partial charge on any atom is -0.127 e. The predicted molar refractivity (Wildman–Crippen MR) is 71.2 cm³/mol. The van der Waals surface area contributed by atoms with Crippen LogP contribution in [0, 0.1) is 0 Å². The molecule has 1 aromatic heterocycles. The van der Waals surface area contributed by atoms with E-state index in [9.17, 15) is 0 Å². The van der Waals surface area contributed by atoms with Gasteiger partial charge in [-0.3, -0.25) is 0 Å². The number of rotatable bonds is 2. The standard InChI is InChI=1S/C11H7BrCl2S/c12-8-3-1-7(2-4-8)11(14)9-5-6-10(13)15-9/h1-6,11H. The Balaban J connectivity index is 2.28. The van der Waals surface area contributed by atoms with Crippen LogP contribution >= 0.6 is 50.5 Å². The quantitative estimate of drug-likeness (QED) is 0.641. The summed E-state index contributed by atoms with van der Waals surface area (Å²) < 4.78 is 1.83. The molecule has 0 aliphatic heterocycles. The summed E-state index contributed by atoms with van der Waals surface area (Å²) in [4.78, 5) is 1.07. The van der Waals surface area contributed by atoms with Gasteiger partial charge in [-0.2, -0.15) is 0 Å². The number of halogens is 3. The van der Waals surface area contributed by atoms with E-state index in [1.54, 1.807) is 0 Å². The molecule has 0 N–H and O–H groups in total. The van der Waals surface area contributed by atoms with E-state index in [-0.39, 0.29) is 5.38 Å². The molecule has 0 aliphatic rings. The fraction of sp³-hybridized carbons (Fsp3) is 0.0909. The summed E-state index contributed by atoms with van der Waals surface area (Å²) in [7, 11) is 0. The van der Waals surface area contributed by atoms with Gasteiger partial charge >= 0.3 is 0 Å². The van der Waals surface area contributed by atoms with Crippen LogP contribution in [0.15, 0.2) is 40.9 Å². The lowest BCUT2D eigenvalue weighted by Gasteiger charge is -2.07. The molecule has 15 heavy (non-hydrogen) atoms. The van der Waals surface area contributed by atoms with E-state index in [2.05, 4.69) is 15.9 Å². The lowest BCUT2D eigenvalue weighted by molar-refractivity contribution is 1.18. The van der Waals surface area contributed by atoms with Gasteiger partial charge in [0.05, 0.1) is 9.71 Å². The van der Waals surface area contributed by atoms with Crippen molar-refractivity contribution in [3.8, 4) is 0 Å². The summed E-state index contributed by atoms with van der Waals surface area (Å²) in [5.74, 6) is 0. The van der Waals surface area contributed by atoms with Gasteiger partial charge in [0.15, 0.2) is 0 Å². The number of hydrogen-bond donors (Lipinski definition) is 0. The Morgan fingerprint density at radius 1 is 1.07 bits per heavy atom. The number of alkyl halides is 1. The van der Waals surface area contributed by atoms with Crippen LogP contribution in [0.1, 0.15) is 15.8 Å². The van der Waals surface area contributed by atoms with E-state index in [0.29, 0.717) is 0 Å². The van der Waals surface area contributed by atoms with Crippen molar-refractivity contribution in [2.24, 2.45) is 0 Å². The summed E-state index contributed by atoms with van der Waals surface area (Å²) in [6.45, 7) is 0. The molecule has 0 saturated carbocycles. The maximum Gasteiger partial charge on any atom is 0.0931 e. The van der Waals surface area contributed by atoms with Crippen molar-refractivity contribution in [3.63, 3.8) is 0 Å². The van der Waals surface area contributed by atoms with Crippen LogP contribution in [-0.4, -0.2) is 0 Å². The first-order chi connectivity index (χ1) is 7.16. The Morgan fingerprint density at radius 3 is 2.27 bits per heavy atom. The van der Waals surface area contributed by atoms with Crippen molar-refractivity contribution in [1.29, 1.82) is 0 Å². The highest BCUT2D eigenvalue weighted by atomic mass is 79.9. The van der Waals surface area contributed by atoms with Gasteiger partial charge in [-0.25, -0.2) is 0 Å². The van der Waals surface area contributed by atoms with E-state index in [4.69, 9.17) is 23.2 Å². The van der Waals surface area contributed by atoms with Crippen molar-refractivity contribution < 1.29 is 0 Å². The third-order valence-electron chi connectivity index (χ3n) is 2.01. The summed E-state index contributed by atoms with van der Waals surface area (Å²) >= 11 is 17.1. The van der Waals surface area contributed by atoms with Gasteiger partial charge in [0.25, 0.3) is 0 Å². The molecule has 0 fully saturated rings. The lowest BCUT2D eigenvalue weighted by atomic mass is 10.1. The summed E-state index contributed by atoms with van der Waals surface area (Å²) in [6, 6.07) is 11.8. The highest BCUT2D eigenvalue weighted by Crippen LogP contribution is 2.35. The van der Waals surface area contributed by atoms with Gasteiger partial charge < -0.3 is 0 Å². The van der Waals surface area contributed by atoms with Gasteiger partial charge in [0, 0.05) is 9.35 Å². The molecular formula is C11H7BrCl2S. The lowest BCUT2D eigenvalue weighted by Crippen LogP contribution is -1.88. The molecule has 4 heteroatoms.